The van der Waals surface area contributed by atoms with Gasteiger partial charge in [0.15, 0.2) is 5.78 Å². The fourth-order valence-corrected chi connectivity index (χ4v) is 3.69. The molecule has 0 atom stereocenters. The lowest BCUT2D eigenvalue weighted by Gasteiger charge is -2.16. The minimum atomic E-state index is -4.67. The standard InChI is InChI=1S/C24H21F3N4O2/c1-13(2)31-11-18(20-22(28)29-12-30-23(20)31)15-7-9-16(10-8-15)33-21-17(14(3)32)5-4-6-19(21)24(25,26)27/h4-13H,1-3H3,(H2,28,29,30). The number of benzene rings is 2. The lowest BCUT2D eigenvalue weighted by atomic mass is 10.0. The van der Waals surface area contributed by atoms with Crippen LogP contribution in [0.2, 0.25) is 0 Å². The zero-order valence-electron chi connectivity index (χ0n) is 18.1. The molecule has 2 N–H and O–H groups in total. The van der Waals surface area contributed by atoms with Crippen LogP contribution in [0.3, 0.4) is 0 Å². The van der Waals surface area contributed by atoms with Crippen LogP contribution < -0.4 is 10.5 Å². The second-order valence-corrected chi connectivity index (χ2v) is 7.86. The van der Waals surface area contributed by atoms with Gasteiger partial charge in [-0.05, 0) is 50.6 Å². The maximum atomic E-state index is 13.5. The minimum absolute atomic E-state index is 0.127. The smallest absolute Gasteiger partial charge is 0.420 e. The number of nitrogens with two attached hydrogens (primary N) is 1. The van der Waals surface area contributed by atoms with E-state index in [2.05, 4.69) is 9.97 Å². The summed E-state index contributed by atoms with van der Waals surface area (Å²) >= 11 is 0. The molecule has 0 amide bonds. The summed E-state index contributed by atoms with van der Waals surface area (Å²) in [6, 6.07) is 10.0. The molecule has 9 heteroatoms. The topological polar surface area (TPSA) is 83.0 Å². The normalized spacial score (nSPS) is 11.8. The number of hydrogen-bond donors (Lipinski definition) is 1. The lowest BCUT2D eigenvalue weighted by molar-refractivity contribution is -0.138. The molecular formula is C24H21F3N4O2. The van der Waals surface area contributed by atoms with Gasteiger partial charge in [-0.2, -0.15) is 13.2 Å². The molecule has 0 unspecified atom stereocenters. The number of nitrogens with zero attached hydrogens (tertiary/aromatic N) is 3. The minimum Gasteiger partial charge on any atom is -0.456 e. The number of nitrogen functional groups attached to an aromatic ring is 1. The molecule has 0 aliphatic heterocycles. The summed E-state index contributed by atoms with van der Waals surface area (Å²) in [6.07, 6.45) is -1.35. The largest absolute Gasteiger partial charge is 0.456 e. The van der Waals surface area contributed by atoms with Crippen molar-refractivity contribution >= 4 is 22.6 Å². The highest BCUT2D eigenvalue weighted by Crippen LogP contribution is 2.41. The van der Waals surface area contributed by atoms with Crippen LogP contribution in [0.5, 0.6) is 11.5 Å². The number of ketones is 1. The Morgan fingerprint density at radius 3 is 2.39 bits per heavy atom. The molecule has 0 saturated carbocycles. The van der Waals surface area contributed by atoms with Crippen LogP contribution in [0.15, 0.2) is 55.0 Å². The van der Waals surface area contributed by atoms with E-state index >= 15 is 0 Å². The van der Waals surface area contributed by atoms with Gasteiger partial charge in [0.1, 0.15) is 29.3 Å². The summed E-state index contributed by atoms with van der Waals surface area (Å²) in [5, 5.41) is 0.696. The fourth-order valence-electron chi connectivity index (χ4n) is 3.69. The zero-order chi connectivity index (χ0) is 23.9. The quantitative estimate of drug-likeness (QED) is 0.359. The van der Waals surface area contributed by atoms with E-state index in [9.17, 15) is 18.0 Å². The Morgan fingerprint density at radius 2 is 1.79 bits per heavy atom. The molecule has 0 aliphatic carbocycles. The van der Waals surface area contributed by atoms with Crippen molar-refractivity contribution in [1.29, 1.82) is 0 Å². The van der Waals surface area contributed by atoms with Gasteiger partial charge in [-0.3, -0.25) is 4.79 Å². The third-order valence-electron chi connectivity index (χ3n) is 5.28. The average molecular weight is 454 g/mol. The SMILES string of the molecule is CC(=O)c1cccc(C(F)(F)F)c1Oc1ccc(-c2cn(C(C)C)c3ncnc(N)c23)cc1. The predicted octanol–water partition coefficient (Wildman–Crippen LogP) is 6.28. The highest BCUT2D eigenvalue weighted by atomic mass is 19.4. The molecule has 0 aliphatic rings. The summed E-state index contributed by atoms with van der Waals surface area (Å²) < 4.78 is 48.1. The van der Waals surface area contributed by atoms with Crippen LogP contribution in [0.1, 0.15) is 42.7 Å². The molecular weight excluding hydrogens is 433 g/mol. The van der Waals surface area contributed by atoms with Gasteiger partial charge in [0.05, 0.1) is 16.5 Å². The van der Waals surface area contributed by atoms with Crippen molar-refractivity contribution in [2.45, 2.75) is 33.0 Å². The summed E-state index contributed by atoms with van der Waals surface area (Å²) in [5.41, 5.74) is 7.22. The summed E-state index contributed by atoms with van der Waals surface area (Å²) in [5.74, 6) is -0.543. The number of ether oxygens (including phenoxy) is 1. The molecule has 0 spiro atoms. The number of fused-ring (bicyclic) bond motifs is 1. The number of hydrogen-bond acceptors (Lipinski definition) is 5. The number of para-hydroxylation sites is 1. The Kier molecular flexibility index (Phi) is 5.57. The van der Waals surface area contributed by atoms with E-state index in [1.165, 1.54) is 25.4 Å². The third kappa shape index (κ3) is 4.13. The molecule has 4 aromatic rings. The molecule has 4 rings (SSSR count). The molecule has 0 saturated heterocycles. The van der Waals surface area contributed by atoms with Crippen molar-refractivity contribution in [3.63, 3.8) is 0 Å². The molecule has 0 fully saturated rings. The van der Waals surface area contributed by atoms with Crippen molar-refractivity contribution in [2.24, 2.45) is 0 Å². The van der Waals surface area contributed by atoms with Gasteiger partial charge in [-0.15, -0.1) is 0 Å². The molecule has 0 bridgehead atoms. The second-order valence-electron chi connectivity index (χ2n) is 7.86. The Hall–Kier alpha value is -3.88. The number of carbonyl (C=O) groups excluding carboxylic acids is 1. The molecule has 2 aromatic carbocycles. The van der Waals surface area contributed by atoms with Crippen LogP contribution in [0.25, 0.3) is 22.2 Å². The van der Waals surface area contributed by atoms with Crippen LogP contribution in [0.4, 0.5) is 19.0 Å². The Balaban J connectivity index is 1.76. The first-order valence-electron chi connectivity index (χ1n) is 10.2. The molecule has 170 valence electrons. The number of Topliss-reactive ketones (excluding diaryl/α,β-unsaturated/α-hetero) is 1. The number of aromatic nitrogens is 3. The molecule has 0 radical (unpaired) electrons. The van der Waals surface area contributed by atoms with Crippen LogP contribution in [-0.4, -0.2) is 20.3 Å². The van der Waals surface area contributed by atoms with E-state index in [0.29, 0.717) is 16.9 Å². The second kappa shape index (κ2) is 8.23. The van der Waals surface area contributed by atoms with Crippen LogP contribution in [-0.2, 0) is 6.18 Å². The monoisotopic (exact) mass is 454 g/mol. The van der Waals surface area contributed by atoms with E-state index < -0.39 is 23.3 Å². The van der Waals surface area contributed by atoms with E-state index in [1.807, 2.05) is 24.6 Å². The van der Waals surface area contributed by atoms with Crippen molar-refractivity contribution in [2.75, 3.05) is 5.73 Å². The van der Waals surface area contributed by atoms with Crippen LogP contribution in [0, 0.1) is 0 Å². The number of carbonyl (C=O) groups is 1. The van der Waals surface area contributed by atoms with Gasteiger partial charge >= 0.3 is 6.18 Å². The molecule has 6 nitrogen and oxygen atoms in total. The van der Waals surface area contributed by atoms with Crippen molar-refractivity contribution < 1.29 is 22.7 Å². The first-order valence-corrected chi connectivity index (χ1v) is 10.2. The Bertz CT molecular complexity index is 1340. The van der Waals surface area contributed by atoms with Crippen molar-refractivity contribution in [1.82, 2.24) is 14.5 Å². The summed E-state index contributed by atoms with van der Waals surface area (Å²) in [7, 11) is 0. The summed E-state index contributed by atoms with van der Waals surface area (Å²) in [4.78, 5) is 20.4. The van der Waals surface area contributed by atoms with Crippen molar-refractivity contribution in [3.05, 3.63) is 66.1 Å². The maximum absolute atomic E-state index is 13.5. The van der Waals surface area contributed by atoms with Gasteiger partial charge in [0, 0.05) is 17.8 Å². The van der Waals surface area contributed by atoms with Gasteiger partial charge in [0.2, 0.25) is 0 Å². The molecule has 2 aromatic heterocycles. The van der Waals surface area contributed by atoms with E-state index in [4.69, 9.17) is 10.5 Å². The van der Waals surface area contributed by atoms with Crippen molar-refractivity contribution in [3.8, 4) is 22.6 Å². The Morgan fingerprint density at radius 1 is 1.09 bits per heavy atom. The fraction of sp³-hybridized carbons (Fsp3) is 0.208. The number of rotatable bonds is 5. The van der Waals surface area contributed by atoms with Gasteiger partial charge in [-0.25, -0.2) is 9.97 Å². The number of anilines is 1. The first kappa shape index (κ1) is 22.3. The van der Waals surface area contributed by atoms with Gasteiger partial charge in [-0.1, -0.05) is 18.2 Å². The summed E-state index contributed by atoms with van der Waals surface area (Å²) in [6.45, 7) is 5.23. The number of halogens is 3. The van der Waals surface area contributed by atoms with Gasteiger partial charge in [0.25, 0.3) is 0 Å². The number of alkyl halides is 3. The van der Waals surface area contributed by atoms with E-state index in [0.717, 1.165) is 17.2 Å². The maximum Gasteiger partial charge on any atom is 0.420 e. The lowest BCUT2D eigenvalue weighted by Crippen LogP contribution is -2.10. The predicted molar refractivity (Wildman–Crippen MR) is 119 cm³/mol. The third-order valence-corrected chi connectivity index (χ3v) is 5.28. The zero-order valence-corrected chi connectivity index (χ0v) is 18.1. The van der Waals surface area contributed by atoms with Crippen LogP contribution >= 0.6 is 0 Å². The highest BCUT2D eigenvalue weighted by molar-refractivity contribution is 6.00. The van der Waals surface area contributed by atoms with Gasteiger partial charge < -0.3 is 15.0 Å². The highest BCUT2D eigenvalue weighted by Gasteiger charge is 2.36. The first-order chi connectivity index (χ1) is 15.6. The average Bonchev–Trinajstić information content (AvgIpc) is 3.15. The Labute approximate surface area is 187 Å². The molecule has 2 heterocycles. The van der Waals surface area contributed by atoms with E-state index in [-0.39, 0.29) is 17.4 Å². The van der Waals surface area contributed by atoms with E-state index in [1.54, 1.807) is 24.3 Å². The molecule has 33 heavy (non-hydrogen) atoms.